The van der Waals surface area contributed by atoms with E-state index < -0.39 is 17.8 Å². The predicted octanol–water partition coefficient (Wildman–Crippen LogP) is 3.58. The van der Waals surface area contributed by atoms with Crippen molar-refractivity contribution in [2.75, 3.05) is 12.5 Å². The van der Waals surface area contributed by atoms with Gasteiger partial charge in [0.25, 0.3) is 11.8 Å². The Morgan fingerprint density at radius 3 is 2.59 bits per heavy atom. The summed E-state index contributed by atoms with van der Waals surface area (Å²) in [5.41, 5.74) is 3.77. The van der Waals surface area contributed by atoms with Crippen molar-refractivity contribution in [2.24, 2.45) is 0 Å². The number of anilines is 1. The molecule has 1 aliphatic rings. The maximum Gasteiger partial charge on any atom is 0.348 e. The summed E-state index contributed by atoms with van der Waals surface area (Å²) in [7, 11) is 1.31. The lowest BCUT2D eigenvalue weighted by molar-refractivity contribution is -0.135. The zero-order valence-electron chi connectivity index (χ0n) is 15.5. The van der Waals surface area contributed by atoms with Crippen molar-refractivity contribution in [1.29, 1.82) is 0 Å². The van der Waals surface area contributed by atoms with E-state index in [-0.39, 0.29) is 18.2 Å². The molecule has 0 fully saturated rings. The van der Waals surface area contributed by atoms with E-state index in [0.717, 1.165) is 9.89 Å². The van der Waals surface area contributed by atoms with Gasteiger partial charge in [-0.3, -0.25) is 15.0 Å². The summed E-state index contributed by atoms with van der Waals surface area (Å²) in [6, 6.07) is 3.75. The predicted molar refractivity (Wildman–Crippen MR) is 113 cm³/mol. The fraction of sp³-hybridized carbons (Fsp3) is 0.167. The Balaban J connectivity index is 0.00000240. The molecule has 0 unspecified atom stereocenters. The maximum atomic E-state index is 12.3. The zero-order chi connectivity index (χ0) is 20.0. The fourth-order valence-corrected chi connectivity index (χ4v) is 4.58. The number of thiophene rings is 2. The molecule has 0 saturated heterocycles. The Morgan fingerprint density at radius 1 is 1.24 bits per heavy atom. The van der Waals surface area contributed by atoms with Gasteiger partial charge < -0.3 is 4.74 Å². The highest BCUT2D eigenvalue weighted by Gasteiger charge is 2.31. The number of nitrogens with zero attached hydrogens (tertiary/aromatic N) is 3. The summed E-state index contributed by atoms with van der Waals surface area (Å²) in [4.78, 5) is 47.4. The van der Waals surface area contributed by atoms with Crippen LogP contribution >= 0.6 is 35.1 Å². The van der Waals surface area contributed by atoms with Crippen LogP contribution in [0.15, 0.2) is 29.2 Å². The minimum absolute atomic E-state index is 0. The molecule has 1 N–H and O–H groups in total. The van der Waals surface area contributed by atoms with Crippen LogP contribution in [0, 0.1) is 6.92 Å². The second kappa shape index (κ2) is 7.90. The first-order chi connectivity index (χ1) is 13.4. The van der Waals surface area contributed by atoms with E-state index in [4.69, 9.17) is 4.74 Å². The number of hydrogen-bond donors (Lipinski definition) is 1. The SMILES string of the molecule is COC(=O)c1sc2nc(-c3cccs3)nc(NN3C(=O)C=C(C)C3=O)c2c1C.Cl. The van der Waals surface area contributed by atoms with Crippen LogP contribution in [-0.2, 0) is 14.3 Å². The summed E-state index contributed by atoms with van der Waals surface area (Å²) >= 11 is 2.64. The summed E-state index contributed by atoms with van der Waals surface area (Å²) in [6.07, 6.45) is 1.26. The summed E-state index contributed by atoms with van der Waals surface area (Å²) in [5.74, 6) is -0.688. The average molecular weight is 451 g/mol. The van der Waals surface area contributed by atoms with Crippen LogP contribution in [0.3, 0.4) is 0 Å². The van der Waals surface area contributed by atoms with E-state index in [1.165, 1.54) is 35.9 Å². The van der Waals surface area contributed by atoms with Gasteiger partial charge in [0.05, 0.1) is 17.4 Å². The smallest absolute Gasteiger partial charge is 0.348 e. The van der Waals surface area contributed by atoms with Crippen molar-refractivity contribution in [2.45, 2.75) is 13.8 Å². The number of carbonyl (C=O) groups is 3. The summed E-state index contributed by atoms with van der Waals surface area (Å²) in [6.45, 7) is 3.32. The van der Waals surface area contributed by atoms with Crippen LogP contribution in [0.1, 0.15) is 22.2 Å². The molecular formula is C18H15ClN4O4S2. The second-order valence-electron chi connectivity index (χ2n) is 6.02. The van der Waals surface area contributed by atoms with E-state index in [1.807, 2.05) is 17.5 Å². The maximum absolute atomic E-state index is 12.3. The number of halogens is 1. The minimum Gasteiger partial charge on any atom is -0.465 e. The minimum atomic E-state index is -0.479. The Hall–Kier alpha value is -2.82. The Morgan fingerprint density at radius 2 is 2.00 bits per heavy atom. The number of imide groups is 1. The number of aryl methyl sites for hydroxylation is 1. The third-order valence-electron chi connectivity index (χ3n) is 4.22. The van der Waals surface area contributed by atoms with Gasteiger partial charge in [0.1, 0.15) is 9.71 Å². The number of ether oxygens (including phenoxy) is 1. The number of carbonyl (C=O) groups excluding carboxylic acids is 3. The molecule has 3 aromatic heterocycles. The van der Waals surface area contributed by atoms with Gasteiger partial charge in [0.2, 0.25) is 0 Å². The van der Waals surface area contributed by atoms with Crippen molar-refractivity contribution >= 4 is 68.9 Å². The number of rotatable bonds is 4. The number of hydrogen-bond acceptors (Lipinski definition) is 9. The van der Waals surface area contributed by atoms with Gasteiger partial charge in [-0.2, -0.15) is 5.01 Å². The number of nitrogens with one attached hydrogen (secondary N) is 1. The van der Waals surface area contributed by atoms with E-state index in [9.17, 15) is 14.4 Å². The third kappa shape index (κ3) is 3.50. The van der Waals surface area contributed by atoms with E-state index >= 15 is 0 Å². The van der Waals surface area contributed by atoms with Crippen molar-refractivity contribution in [3.05, 3.63) is 39.6 Å². The van der Waals surface area contributed by atoms with Crippen LogP contribution in [0.2, 0.25) is 0 Å². The standard InChI is InChI=1S/C18H14N4O4S2.ClH/c1-8-7-11(23)22(17(8)24)21-15-12-9(2)13(18(25)26-3)28-16(12)20-14(19-15)10-5-4-6-27-10;/h4-7H,1-3H3,(H,19,20,21);1H. The first kappa shape index (κ1) is 20.9. The van der Waals surface area contributed by atoms with Gasteiger partial charge in [0.15, 0.2) is 11.6 Å². The normalized spacial score (nSPS) is 13.5. The van der Waals surface area contributed by atoms with Crippen LogP contribution < -0.4 is 5.43 Å². The number of methoxy groups -OCH3 is 1. The topological polar surface area (TPSA) is 101 Å². The number of aromatic nitrogens is 2. The van der Waals surface area contributed by atoms with Gasteiger partial charge in [-0.25, -0.2) is 14.8 Å². The number of hydrazine groups is 1. The Bertz CT molecular complexity index is 1170. The van der Waals surface area contributed by atoms with Gasteiger partial charge in [0, 0.05) is 11.6 Å². The molecule has 3 aromatic rings. The lowest BCUT2D eigenvalue weighted by Crippen LogP contribution is -2.36. The number of fused-ring (bicyclic) bond motifs is 1. The van der Waals surface area contributed by atoms with Gasteiger partial charge >= 0.3 is 5.97 Å². The first-order valence-corrected chi connectivity index (χ1v) is 9.87. The summed E-state index contributed by atoms with van der Waals surface area (Å²) in [5, 5.41) is 3.37. The average Bonchev–Trinajstić information content (AvgIpc) is 3.37. The van der Waals surface area contributed by atoms with Crippen molar-refractivity contribution < 1.29 is 19.1 Å². The number of esters is 1. The highest BCUT2D eigenvalue weighted by atomic mass is 35.5. The molecule has 4 rings (SSSR count). The highest BCUT2D eigenvalue weighted by molar-refractivity contribution is 7.20. The molecule has 1 aliphatic heterocycles. The quantitative estimate of drug-likeness (QED) is 0.478. The van der Waals surface area contributed by atoms with Crippen LogP contribution in [0.25, 0.3) is 20.9 Å². The van der Waals surface area contributed by atoms with Crippen LogP contribution in [-0.4, -0.2) is 39.9 Å². The largest absolute Gasteiger partial charge is 0.465 e. The lowest BCUT2D eigenvalue weighted by atomic mass is 10.2. The molecule has 2 amide bonds. The second-order valence-corrected chi connectivity index (χ2v) is 7.97. The summed E-state index contributed by atoms with van der Waals surface area (Å²) < 4.78 is 4.85. The molecule has 11 heteroatoms. The molecule has 150 valence electrons. The molecule has 0 aromatic carbocycles. The van der Waals surface area contributed by atoms with E-state index in [0.29, 0.717) is 32.1 Å². The molecule has 0 spiro atoms. The van der Waals surface area contributed by atoms with Gasteiger partial charge in [-0.1, -0.05) is 6.07 Å². The first-order valence-electron chi connectivity index (χ1n) is 8.17. The Labute approximate surface area is 179 Å². The van der Waals surface area contributed by atoms with Gasteiger partial charge in [-0.05, 0) is 30.9 Å². The van der Waals surface area contributed by atoms with Crippen molar-refractivity contribution in [1.82, 2.24) is 15.0 Å². The van der Waals surface area contributed by atoms with Crippen molar-refractivity contribution in [3.63, 3.8) is 0 Å². The molecule has 0 bridgehead atoms. The molecule has 0 aliphatic carbocycles. The van der Waals surface area contributed by atoms with Crippen LogP contribution in [0.4, 0.5) is 5.82 Å². The molecular weight excluding hydrogens is 436 g/mol. The molecule has 29 heavy (non-hydrogen) atoms. The zero-order valence-corrected chi connectivity index (χ0v) is 18.0. The van der Waals surface area contributed by atoms with E-state index in [1.54, 1.807) is 13.8 Å². The molecule has 4 heterocycles. The lowest BCUT2D eigenvalue weighted by Gasteiger charge is -2.17. The van der Waals surface area contributed by atoms with E-state index in [2.05, 4.69) is 15.4 Å². The van der Waals surface area contributed by atoms with Crippen molar-refractivity contribution in [3.8, 4) is 10.7 Å². The highest BCUT2D eigenvalue weighted by Crippen LogP contribution is 2.37. The Kier molecular flexibility index (Phi) is 5.69. The molecule has 0 atom stereocenters. The molecule has 8 nitrogen and oxygen atoms in total. The number of amides is 2. The van der Waals surface area contributed by atoms with Crippen LogP contribution in [0.5, 0.6) is 0 Å². The third-order valence-corrected chi connectivity index (χ3v) is 6.25. The molecule has 0 radical (unpaired) electrons. The monoisotopic (exact) mass is 450 g/mol. The van der Waals surface area contributed by atoms with Gasteiger partial charge in [-0.15, -0.1) is 35.1 Å². The fourth-order valence-electron chi connectivity index (χ4n) is 2.82. The molecule has 0 saturated carbocycles.